The van der Waals surface area contributed by atoms with Crippen LogP contribution in [0.15, 0.2) is 42.6 Å². The van der Waals surface area contributed by atoms with Crippen LogP contribution in [0.4, 0.5) is 4.39 Å². The first-order chi connectivity index (χ1) is 24.5. The lowest BCUT2D eigenvalue weighted by atomic mass is 9.88. The number of hydrogen-bond donors (Lipinski definition) is 0. The summed E-state index contributed by atoms with van der Waals surface area (Å²) in [5.74, 6) is 3.46. The highest BCUT2D eigenvalue weighted by Crippen LogP contribution is 2.53. The van der Waals surface area contributed by atoms with Crippen LogP contribution in [0.25, 0.3) is 32.9 Å². The number of hydrogen-bond acceptors (Lipinski definition) is 8. The lowest BCUT2D eigenvalue weighted by Gasteiger charge is -2.25. The number of ether oxygens (including phenoxy) is 5. The normalized spacial score (nSPS) is 17.0. The molecule has 5 aromatic rings. The molecular formula is C41H45FN4O5. The maximum absolute atomic E-state index is 16.2. The van der Waals surface area contributed by atoms with E-state index in [1.807, 2.05) is 69.8 Å². The summed E-state index contributed by atoms with van der Waals surface area (Å²) in [6, 6.07) is 11.5. The van der Waals surface area contributed by atoms with Gasteiger partial charge in [0, 0.05) is 41.9 Å². The Labute approximate surface area is 298 Å². The Balaban J connectivity index is 1.51. The van der Waals surface area contributed by atoms with Gasteiger partial charge in [0.15, 0.2) is 12.0 Å². The molecular weight excluding hydrogens is 647 g/mol. The second kappa shape index (κ2) is 14.1. The number of benzene rings is 3. The van der Waals surface area contributed by atoms with Crippen LogP contribution in [0.2, 0.25) is 0 Å². The van der Waals surface area contributed by atoms with Gasteiger partial charge in [-0.25, -0.2) is 9.07 Å². The molecule has 0 radical (unpaired) electrons. The molecule has 1 aliphatic carbocycles. The van der Waals surface area contributed by atoms with E-state index in [1.54, 1.807) is 13.2 Å². The Bertz CT molecular complexity index is 2100. The lowest BCUT2D eigenvalue weighted by molar-refractivity contribution is -0.0366. The number of rotatable bonds is 11. The van der Waals surface area contributed by atoms with Crippen molar-refractivity contribution in [3.05, 3.63) is 70.7 Å². The van der Waals surface area contributed by atoms with Gasteiger partial charge in [-0.1, -0.05) is 18.1 Å². The van der Waals surface area contributed by atoms with Crippen molar-refractivity contribution >= 4 is 21.8 Å². The van der Waals surface area contributed by atoms with E-state index in [1.165, 1.54) is 0 Å². The van der Waals surface area contributed by atoms with Gasteiger partial charge in [-0.15, -0.1) is 6.42 Å². The Kier molecular flexibility index (Phi) is 9.62. The molecule has 1 saturated heterocycles. The topological polar surface area (TPSA) is 89.8 Å². The second-order valence-electron chi connectivity index (χ2n) is 14.6. The van der Waals surface area contributed by atoms with Crippen molar-refractivity contribution in [3.8, 4) is 41.1 Å². The monoisotopic (exact) mass is 692 g/mol. The largest absolute Gasteiger partial charge is 0.486 e. The van der Waals surface area contributed by atoms with Crippen LogP contribution in [-0.4, -0.2) is 51.8 Å². The van der Waals surface area contributed by atoms with Crippen LogP contribution >= 0.6 is 0 Å². The summed E-state index contributed by atoms with van der Waals surface area (Å²) in [5.41, 5.74) is 5.34. The number of fused-ring (bicyclic) bond motifs is 2. The summed E-state index contributed by atoms with van der Waals surface area (Å²) in [7, 11) is 1.63. The molecule has 3 heterocycles. The molecule has 2 aromatic heterocycles. The number of methoxy groups -OCH3 is 1. The van der Waals surface area contributed by atoms with Crippen molar-refractivity contribution in [2.24, 2.45) is 0 Å². The molecule has 2 aliphatic rings. The van der Waals surface area contributed by atoms with Gasteiger partial charge >= 0.3 is 6.01 Å². The number of nitrogens with zero attached hydrogens (tertiary/aromatic N) is 4. The second-order valence-corrected chi connectivity index (χ2v) is 14.6. The third-order valence-corrected chi connectivity index (χ3v) is 9.47. The summed E-state index contributed by atoms with van der Waals surface area (Å²) >= 11 is 0. The van der Waals surface area contributed by atoms with Crippen LogP contribution in [-0.2, 0) is 16.1 Å². The van der Waals surface area contributed by atoms with Gasteiger partial charge < -0.3 is 23.7 Å². The van der Waals surface area contributed by atoms with Crippen molar-refractivity contribution in [2.45, 2.75) is 97.2 Å². The molecule has 51 heavy (non-hydrogen) atoms. The first kappa shape index (κ1) is 34.7. The van der Waals surface area contributed by atoms with Crippen LogP contribution in [0.5, 0.6) is 17.6 Å². The summed E-state index contributed by atoms with van der Waals surface area (Å²) in [6.45, 7) is 10.7. The Morgan fingerprint density at radius 2 is 1.82 bits per heavy atom. The summed E-state index contributed by atoms with van der Waals surface area (Å²) < 4.78 is 49.1. The number of halogens is 1. The molecule has 2 fully saturated rings. The molecule has 1 saturated carbocycles. The molecule has 1 unspecified atom stereocenters. The van der Waals surface area contributed by atoms with Crippen molar-refractivity contribution in [1.29, 1.82) is 0 Å². The fourth-order valence-electron chi connectivity index (χ4n) is 6.60. The first-order valence-corrected chi connectivity index (χ1v) is 17.7. The molecule has 7 rings (SSSR count). The van der Waals surface area contributed by atoms with Crippen molar-refractivity contribution < 1.29 is 28.1 Å². The molecule has 10 heteroatoms. The molecule has 0 N–H and O–H groups in total. The van der Waals surface area contributed by atoms with Gasteiger partial charge in [-0.3, -0.25) is 0 Å². The fourth-order valence-corrected chi connectivity index (χ4v) is 6.60. The van der Waals surface area contributed by atoms with E-state index in [2.05, 4.69) is 12.0 Å². The van der Waals surface area contributed by atoms with Gasteiger partial charge in [0.1, 0.15) is 30.1 Å². The van der Waals surface area contributed by atoms with E-state index in [0.717, 1.165) is 65.3 Å². The number of aromatic nitrogens is 4. The van der Waals surface area contributed by atoms with Crippen molar-refractivity contribution in [2.75, 3.05) is 20.3 Å². The molecule has 0 amide bonds. The van der Waals surface area contributed by atoms with E-state index in [0.29, 0.717) is 40.2 Å². The quantitative estimate of drug-likeness (QED) is 0.127. The van der Waals surface area contributed by atoms with E-state index in [4.69, 9.17) is 45.2 Å². The first-order valence-electron chi connectivity index (χ1n) is 17.7. The minimum Gasteiger partial charge on any atom is -0.486 e. The molecule has 0 bridgehead atoms. The average molecular weight is 693 g/mol. The van der Waals surface area contributed by atoms with Crippen LogP contribution in [0.1, 0.15) is 94.2 Å². The maximum Gasteiger partial charge on any atom is 0.320 e. The van der Waals surface area contributed by atoms with Crippen molar-refractivity contribution in [3.63, 3.8) is 0 Å². The van der Waals surface area contributed by atoms with E-state index in [-0.39, 0.29) is 43.3 Å². The molecule has 266 valence electrons. The van der Waals surface area contributed by atoms with Gasteiger partial charge in [0.2, 0.25) is 5.88 Å². The van der Waals surface area contributed by atoms with Gasteiger partial charge in [-0.2, -0.15) is 15.1 Å². The predicted octanol–water partition coefficient (Wildman–Crippen LogP) is 8.82. The van der Waals surface area contributed by atoms with Crippen LogP contribution < -0.4 is 14.2 Å². The zero-order chi connectivity index (χ0) is 35.9. The highest BCUT2D eigenvalue weighted by molar-refractivity contribution is 6.05. The van der Waals surface area contributed by atoms with Crippen molar-refractivity contribution in [1.82, 2.24) is 19.7 Å². The standard InChI is InChI=1S/C41H45FN4O5/c1-8-26-12-14-27(15-13-26)23-49-38-36(35-25(3)32(42)20-33-31(35)21-43-46(33)34-11-9-10-18-48-34)29(28-16-17-28)19-30-37(38)44-40(50-22-24(2)47-7)45-39(30)51-41(4,5)6/h1,12-15,19-21,24,28,34H,9-11,16-18,22-23H2,2-7H3/t24-,34?/m0/s1. The minimum atomic E-state index is -0.572. The smallest absolute Gasteiger partial charge is 0.320 e. The zero-order valence-corrected chi connectivity index (χ0v) is 30.2. The molecule has 0 spiro atoms. The molecule has 1 aliphatic heterocycles. The Hall–Kier alpha value is -4.72. The Morgan fingerprint density at radius 1 is 1.04 bits per heavy atom. The molecule has 2 atom stereocenters. The average Bonchev–Trinajstić information content (AvgIpc) is 3.89. The third-order valence-electron chi connectivity index (χ3n) is 9.47. The zero-order valence-electron chi connectivity index (χ0n) is 30.2. The maximum atomic E-state index is 16.2. The highest BCUT2D eigenvalue weighted by Gasteiger charge is 2.34. The van der Waals surface area contributed by atoms with Crippen LogP contribution in [0, 0.1) is 25.1 Å². The predicted molar refractivity (Wildman–Crippen MR) is 195 cm³/mol. The SMILES string of the molecule is C#Cc1ccc(COc2c(-c3c(C)c(F)cc4c3cnn4C3CCCCO3)c(C3CC3)cc3c(OC(C)(C)C)nc(OC[C@H](C)OC)nc23)cc1. The summed E-state index contributed by atoms with van der Waals surface area (Å²) in [6.07, 6.45) is 11.8. The third kappa shape index (κ3) is 7.23. The van der Waals surface area contributed by atoms with E-state index in [9.17, 15) is 0 Å². The van der Waals surface area contributed by atoms with E-state index >= 15 is 4.39 Å². The van der Waals surface area contributed by atoms with Gasteiger partial charge in [-0.05, 0) is 108 Å². The van der Waals surface area contributed by atoms with Crippen LogP contribution in [0.3, 0.4) is 0 Å². The highest BCUT2D eigenvalue weighted by atomic mass is 19.1. The number of terminal acetylenes is 1. The Morgan fingerprint density at radius 3 is 2.49 bits per heavy atom. The molecule has 9 nitrogen and oxygen atoms in total. The summed E-state index contributed by atoms with van der Waals surface area (Å²) in [4.78, 5) is 9.73. The lowest BCUT2D eigenvalue weighted by Crippen LogP contribution is -2.24. The van der Waals surface area contributed by atoms with E-state index < -0.39 is 5.60 Å². The van der Waals surface area contributed by atoms with Gasteiger partial charge in [0.05, 0.1) is 23.2 Å². The summed E-state index contributed by atoms with van der Waals surface area (Å²) in [5, 5.41) is 6.30. The minimum absolute atomic E-state index is 0.127. The molecule has 3 aromatic carbocycles. The fraction of sp³-hybridized carbons (Fsp3) is 0.439. The van der Waals surface area contributed by atoms with Gasteiger partial charge in [0.25, 0.3) is 0 Å².